The van der Waals surface area contributed by atoms with E-state index >= 15 is 4.39 Å². The van der Waals surface area contributed by atoms with Crippen molar-refractivity contribution in [3.8, 4) is 11.4 Å². The van der Waals surface area contributed by atoms with Crippen LogP contribution in [0.4, 0.5) is 19.3 Å². The Kier molecular flexibility index (Phi) is 4.58. The lowest BCUT2D eigenvalue weighted by atomic mass is 10.1. The van der Waals surface area contributed by atoms with E-state index in [4.69, 9.17) is 5.11 Å². The Hall–Kier alpha value is -3.95. The molecule has 10 heteroatoms. The number of aromatic nitrogens is 1. The van der Waals surface area contributed by atoms with Crippen LogP contribution in [0.2, 0.25) is 0 Å². The van der Waals surface area contributed by atoms with Crippen LogP contribution in [0.1, 0.15) is 6.42 Å². The Morgan fingerprint density at radius 3 is 2.50 bits per heavy atom. The van der Waals surface area contributed by atoms with Crippen LogP contribution >= 0.6 is 0 Å². The molecule has 3 aromatic rings. The number of halogens is 2. The predicted octanol–water partition coefficient (Wildman–Crippen LogP) is 2.75. The lowest BCUT2D eigenvalue weighted by Crippen LogP contribution is -2.46. The van der Waals surface area contributed by atoms with Crippen molar-refractivity contribution < 1.29 is 28.2 Å². The molecule has 2 atom stereocenters. The summed E-state index contributed by atoms with van der Waals surface area (Å²) in [5.41, 5.74) is 0.240. The highest BCUT2D eigenvalue weighted by Gasteiger charge is 2.43. The van der Waals surface area contributed by atoms with Crippen LogP contribution in [0, 0.1) is 11.6 Å². The number of piperazine rings is 1. The second-order valence-electron chi connectivity index (χ2n) is 7.86. The molecule has 0 radical (unpaired) electrons. The first kappa shape index (κ1) is 20.0. The third-order valence-corrected chi connectivity index (χ3v) is 6.07. The highest BCUT2D eigenvalue weighted by Crippen LogP contribution is 2.37. The van der Waals surface area contributed by atoms with E-state index in [1.807, 2.05) is 4.90 Å². The van der Waals surface area contributed by atoms with E-state index in [1.165, 1.54) is 41.1 Å². The molecule has 0 saturated carbocycles. The Morgan fingerprint density at radius 2 is 1.88 bits per heavy atom. The molecule has 1 amide bonds. The number of hydrogen-bond donors (Lipinski definition) is 1. The highest BCUT2D eigenvalue weighted by atomic mass is 19.1. The van der Waals surface area contributed by atoms with E-state index in [2.05, 4.69) is 4.74 Å². The molecule has 32 heavy (non-hydrogen) atoms. The summed E-state index contributed by atoms with van der Waals surface area (Å²) in [6.07, 6.45) is 1.04. The van der Waals surface area contributed by atoms with Gasteiger partial charge in [0.1, 0.15) is 11.6 Å². The number of hydrogen-bond acceptors (Lipinski definition) is 5. The van der Waals surface area contributed by atoms with Crippen molar-refractivity contribution in [2.75, 3.05) is 18.0 Å². The summed E-state index contributed by atoms with van der Waals surface area (Å²) in [7, 11) is 0. The zero-order valence-electron chi connectivity index (χ0n) is 16.6. The molecule has 2 aliphatic heterocycles. The molecule has 8 nitrogen and oxygen atoms in total. The van der Waals surface area contributed by atoms with E-state index in [-0.39, 0.29) is 23.2 Å². The van der Waals surface area contributed by atoms with Crippen molar-refractivity contribution >= 4 is 29.2 Å². The lowest BCUT2D eigenvalue weighted by molar-refractivity contribution is -0.119. The van der Waals surface area contributed by atoms with Gasteiger partial charge in [0.15, 0.2) is 5.75 Å². The van der Waals surface area contributed by atoms with E-state index in [1.54, 1.807) is 4.90 Å². The third kappa shape index (κ3) is 3.15. The molecule has 2 aromatic carbocycles. The number of pyridine rings is 1. The highest BCUT2D eigenvalue weighted by molar-refractivity contribution is 5.86. The number of anilines is 1. The largest absolute Gasteiger partial charge is 0.511 e. The summed E-state index contributed by atoms with van der Waals surface area (Å²) in [5.74, 6) is -1.61. The fourth-order valence-electron chi connectivity index (χ4n) is 4.63. The Bertz CT molecular complexity index is 1310. The first-order chi connectivity index (χ1) is 15.4. The second-order valence-corrected chi connectivity index (χ2v) is 7.86. The lowest BCUT2D eigenvalue weighted by Gasteiger charge is -2.34. The number of likely N-dealkylation sites (tertiary alicyclic amines) is 1. The number of carbonyl (C=O) groups is 2. The van der Waals surface area contributed by atoms with Gasteiger partial charge in [0.25, 0.3) is 0 Å². The maximum absolute atomic E-state index is 15.2. The van der Waals surface area contributed by atoms with Crippen LogP contribution in [-0.4, -0.2) is 52.3 Å². The molecular formula is C22H17F2N3O5. The molecule has 3 heterocycles. The number of rotatable bonds is 4. The smallest absolute Gasteiger partial charge is 0.449 e. The van der Waals surface area contributed by atoms with Crippen molar-refractivity contribution in [1.82, 2.24) is 9.47 Å². The van der Waals surface area contributed by atoms with Crippen molar-refractivity contribution in [3.63, 3.8) is 0 Å². The number of carboxylic acid groups (broad SMARTS) is 1. The zero-order chi connectivity index (χ0) is 22.6. The van der Waals surface area contributed by atoms with Gasteiger partial charge in [-0.2, -0.15) is 0 Å². The average molecular weight is 441 g/mol. The minimum Gasteiger partial charge on any atom is -0.449 e. The normalized spacial score (nSPS) is 19.6. The number of benzene rings is 2. The molecule has 2 unspecified atom stereocenters. The Morgan fingerprint density at radius 1 is 1.12 bits per heavy atom. The van der Waals surface area contributed by atoms with Crippen LogP contribution < -0.4 is 15.1 Å². The van der Waals surface area contributed by atoms with Gasteiger partial charge in [-0.3, -0.25) is 9.59 Å². The van der Waals surface area contributed by atoms with Crippen LogP contribution in [0.25, 0.3) is 16.6 Å². The van der Waals surface area contributed by atoms with E-state index < -0.39 is 29.0 Å². The van der Waals surface area contributed by atoms with Crippen molar-refractivity contribution in [1.29, 1.82) is 0 Å². The summed E-state index contributed by atoms with van der Waals surface area (Å²) in [6, 6.07) is 7.87. The molecule has 2 saturated heterocycles. The molecular weight excluding hydrogens is 424 g/mol. The second kappa shape index (κ2) is 7.33. The molecule has 1 aromatic heterocycles. The molecule has 0 spiro atoms. The monoisotopic (exact) mass is 441 g/mol. The van der Waals surface area contributed by atoms with E-state index in [0.717, 1.165) is 18.9 Å². The number of nitrogens with zero attached hydrogens (tertiary/aromatic N) is 3. The first-order valence-electron chi connectivity index (χ1n) is 9.89. The fourth-order valence-corrected chi connectivity index (χ4v) is 4.63. The van der Waals surface area contributed by atoms with Gasteiger partial charge in [0, 0.05) is 24.8 Å². The maximum Gasteiger partial charge on any atom is 0.511 e. The predicted molar refractivity (Wildman–Crippen MR) is 110 cm³/mol. The summed E-state index contributed by atoms with van der Waals surface area (Å²) in [6.45, 7) is 0.953. The molecule has 2 bridgehead atoms. The molecule has 5 rings (SSSR count). The number of amides is 1. The fraction of sp³-hybridized carbons (Fsp3) is 0.227. The van der Waals surface area contributed by atoms with Gasteiger partial charge < -0.3 is 24.2 Å². The van der Waals surface area contributed by atoms with Crippen LogP contribution in [0.3, 0.4) is 0 Å². The Balaban J connectivity index is 1.70. The van der Waals surface area contributed by atoms with E-state index in [0.29, 0.717) is 24.3 Å². The molecule has 164 valence electrons. The van der Waals surface area contributed by atoms with Gasteiger partial charge in [-0.15, -0.1) is 0 Å². The number of ether oxygens (including phenoxy) is 1. The zero-order valence-corrected chi connectivity index (χ0v) is 16.6. The minimum absolute atomic E-state index is 0.00164. The van der Waals surface area contributed by atoms with Gasteiger partial charge in [-0.25, -0.2) is 13.6 Å². The van der Waals surface area contributed by atoms with Crippen molar-refractivity contribution in [2.24, 2.45) is 0 Å². The van der Waals surface area contributed by atoms with Gasteiger partial charge in [0.05, 0.1) is 28.8 Å². The summed E-state index contributed by atoms with van der Waals surface area (Å²) < 4.78 is 34.7. The van der Waals surface area contributed by atoms with Crippen LogP contribution in [-0.2, 0) is 4.79 Å². The molecule has 0 aliphatic carbocycles. The van der Waals surface area contributed by atoms with Crippen LogP contribution in [0.5, 0.6) is 5.75 Å². The minimum atomic E-state index is -1.68. The Labute approximate surface area is 179 Å². The molecule has 2 aliphatic rings. The summed E-state index contributed by atoms with van der Waals surface area (Å²) >= 11 is 0. The van der Waals surface area contributed by atoms with Crippen molar-refractivity contribution in [2.45, 2.75) is 18.5 Å². The van der Waals surface area contributed by atoms with Crippen molar-refractivity contribution in [3.05, 3.63) is 64.5 Å². The quantitative estimate of drug-likeness (QED) is 0.495. The topological polar surface area (TPSA) is 92.1 Å². The van der Waals surface area contributed by atoms with Crippen LogP contribution in [0.15, 0.2) is 47.4 Å². The third-order valence-electron chi connectivity index (χ3n) is 6.07. The summed E-state index contributed by atoms with van der Waals surface area (Å²) in [4.78, 5) is 38.6. The standard InChI is InChI=1S/C22H17F2N3O5/c23-12-1-3-13(4-2-12)27-10-20(32-22(30)31)21(29)16-6-17(24)19(7-18(16)27)26-9-14-5-15(26)8-25(14)11-28/h1-4,6-7,10-11,14-15H,5,8-9H2,(H,30,31). The summed E-state index contributed by atoms with van der Waals surface area (Å²) in [5, 5.41) is 8.90. The van der Waals surface area contributed by atoms with Gasteiger partial charge in [-0.05, 0) is 42.8 Å². The van der Waals surface area contributed by atoms with E-state index in [9.17, 15) is 18.8 Å². The molecule has 2 fully saturated rings. The number of carbonyl (C=O) groups excluding carboxylic acids is 1. The first-order valence-corrected chi connectivity index (χ1v) is 9.89. The number of fused-ring (bicyclic) bond motifs is 3. The van der Waals surface area contributed by atoms with Gasteiger partial charge >= 0.3 is 6.16 Å². The molecule has 1 N–H and O–H groups in total. The van der Waals surface area contributed by atoms with Gasteiger partial charge in [-0.1, -0.05) is 0 Å². The maximum atomic E-state index is 15.2. The SMILES string of the molecule is O=CN1CC2CC1CN2c1cc2c(cc1F)c(=O)c(OC(=O)O)cn2-c1ccc(F)cc1. The van der Waals surface area contributed by atoms with Gasteiger partial charge in [0.2, 0.25) is 11.8 Å². The average Bonchev–Trinajstić information content (AvgIpc) is 3.36.